The first-order valence-corrected chi connectivity index (χ1v) is 14.4. The highest BCUT2D eigenvalue weighted by molar-refractivity contribution is 7.62. The number of hydrogen-bond acceptors (Lipinski definition) is 5. The minimum absolute atomic E-state index is 0.0339. The lowest BCUT2D eigenvalue weighted by Gasteiger charge is -2.30. The molecule has 2 aromatic carbocycles. The van der Waals surface area contributed by atoms with Gasteiger partial charge < -0.3 is 24.3 Å². The number of fused-ring (bicyclic) bond motifs is 3. The zero-order chi connectivity index (χ0) is 23.8. The molecule has 2 aromatic rings. The molecule has 1 saturated carbocycles. The summed E-state index contributed by atoms with van der Waals surface area (Å²) in [7, 11) is -2.11. The fraction of sp³-hybridized carbons (Fsp3) is 0.481. The van der Waals surface area contributed by atoms with Crippen LogP contribution in [0.25, 0.3) is 0 Å². The average molecular weight is 471 g/mol. The van der Waals surface area contributed by atoms with Crippen molar-refractivity contribution in [2.75, 3.05) is 19.5 Å². The van der Waals surface area contributed by atoms with E-state index < -0.39 is 25.0 Å². The molecule has 0 unspecified atom stereocenters. The van der Waals surface area contributed by atoms with E-state index in [4.69, 9.17) is 9.47 Å². The second-order valence-corrected chi connectivity index (χ2v) is 13.9. The van der Waals surface area contributed by atoms with Crippen LogP contribution in [0.1, 0.15) is 37.3 Å². The number of hydrogen-bond donors (Lipinski definition) is 2. The Kier molecular flexibility index (Phi) is 6.77. The van der Waals surface area contributed by atoms with Crippen molar-refractivity contribution in [3.8, 4) is 11.5 Å². The van der Waals surface area contributed by atoms with Gasteiger partial charge in [0.05, 0.1) is 13.2 Å². The molecule has 2 N–H and O–H groups in total. The van der Waals surface area contributed by atoms with Crippen LogP contribution >= 0.6 is 7.14 Å². The lowest BCUT2D eigenvalue weighted by atomic mass is 9.86. The largest absolute Gasteiger partial charge is 0.489 e. The summed E-state index contributed by atoms with van der Waals surface area (Å²) >= 11 is 0. The molecule has 2 aliphatic rings. The van der Waals surface area contributed by atoms with Gasteiger partial charge in [-0.3, -0.25) is 0 Å². The smallest absolute Gasteiger partial charge is 0.133 e. The minimum atomic E-state index is -2.11. The first-order valence-electron chi connectivity index (χ1n) is 11.7. The van der Waals surface area contributed by atoms with Crippen molar-refractivity contribution < 1.29 is 24.3 Å². The van der Waals surface area contributed by atoms with Crippen LogP contribution in [0, 0.1) is 5.92 Å². The van der Waals surface area contributed by atoms with Gasteiger partial charge in [-0.25, -0.2) is 0 Å². The van der Waals surface area contributed by atoms with Crippen molar-refractivity contribution in [3.63, 3.8) is 0 Å². The van der Waals surface area contributed by atoms with Gasteiger partial charge in [-0.15, -0.1) is 0 Å². The Hall–Kier alpha value is -2.07. The van der Waals surface area contributed by atoms with Gasteiger partial charge in [0.25, 0.3) is 0 Å². The van der Waals surface area contributed by atoms with Gasteiger partial charge in [0.2, 0.25) is 0 Å². The van der Waals surface area contributed by atoms with Gasteiger partial charge in [0.1, 0.15) is 29.3 Å². The molecule has 0 aromatic heterocycles. The van der Waals surface area contributed by atoms with Crippen molar-refractivity contribution in [2.45, 2.75) is 56.5 Å². The van der Waals surface area contributed by atoms with Crippen molar-refractivity contribution >= 4 is 7.14 Å². The summed E-state index contributed by atoms with van der Waals surface area (Å²) < 4.78 is 24.5. The molecule has 1 aliphatic heterocycles. The maximum absolute atomic E-state index is 12.2. The molecule has 1 heterocycles. The van der Waals surface area contributed by atoms with E-state index in [0.717, 1.165) is 23.3 Å². The summed E-state index contributed by atoms with van der Waals surface area (Å²) in [6.07, 6.45) is 4.11. The van der Waals surface area contributed by atoms with E-state index in [2.05, 4.69) is 6.07 Å². The second kappa shape index (κ2) is 9.29. The van der Waals surface area contributed by atoms with Gasteiger partial charge in [0, 0.05) is 30.0 Å². The van der Waals surface area contributed by atoms with Crippen LogP contribution in [0.15, 0.2) is 60.7 Å². The van der Waals surface area contributed by atoms with Gasteiger partial charge >= 0.3 is 0 Å². The number of aryl methyl sites for hydroxylation is 1. The summed E-state index contributed by atoms with van der Waals surface area (Å²) in [4.78, 5) is 0. The number of aliphatic hydroxyl groups excluding tert-OH is 2. The molecule has 178 valence electrons. The van der Waals surface area contributed by atoms with Gasteiger partial charge in [-0.1, -0.05) is 48.6 Å². The van der Waals surface area contributed by atoms with Crippen molar-refractivity contribution in [3.05, 3.63) is 71.8 Å². The van der Waals surface area contributed by atoms with E-state index in [-0.39, 0.29) is 17.9 Å². The Balaban J connectivity index is 1.51. The molecule has 0 radical (unpaired) electrons. The lowest BCUT2D eigenvalue weighted by Crippen LogP contribution is -2.41. The number of benzene rings is 2. The number of rotatable bonds is 8. The maximum atomic E-state index is 12.2. The Bertz CT molecular complexity index is 1040. The van der Waals surface area contributed by atoms with Crippen molar-refractivity contribution in [1.82, 2.24) is 0 Å². The topological polar surface area (TPSA) is 76.0 Å². The Labute approximate surface area is 196 Å². The molecule has 5 atom stereocenters. The normalized spacial score (nSPS) is 25.5. The summed E-state index contributed by atoms with van der Waals surface area (Å²) in [5.74, 6) is 1.47. The van der Waals surface area contributed by atoms with E-state index in [1.54, 1.807) is 6.08 Å². The van der Waals surface area contributed by atoms with Crippen LogP contribution in [0.2, 0.25) is 0 Å². The predicted octanol–water partition coefficient (Wildman–Crippen LogP) is 4.85. The van der Waals surface area contributed by atoms with Crippen LogP contribution in [-0.2, 0) is 11.0 Å². The van der Waals surface area contributed by atoms with E-state index in [1.807, 2.05) is 75.7 Å². The fourth-order valence-electron chi connectivity index (χ4n) is 4.87. The van der Waals surface area contributed by atoms with E-state index in [0.29, 0.717) is 18.3 Å². The van der Waals surface area contributed by atoms with Crippen LogP contribution in [0.3, 0.4) is 0 Å². The standard InChI is InChI=1S/C27H35O5P/c1-27(2,32-19-10-6-5-7-11-19)24(29)14-13-20-22(28)17-23-25(20)21-12-8-9-18(26(21)31-23)15-16-33(3,4)30/h5-14,20,22-25,28-29H,15-17H2,1-4H3/b14-13+/t20-,22+,23-,24-,25-/m0/s1. The molecule has 5 nitrogen and oxygen atoms in total. The van der Waals surface area contributed by atoms with Gasteiger partial charge in [-0.2, -0.15) is 0 Å². The molecule has 1 aliphatic carbocycles. The highest BCUT2D eigenvalue weighted by atomic mass is 31.2. The first-order chi connectivity index (χ1) is 15.5. The zero-order valence-corrected chi connectivity index (χ0v) is 20.7. The predicted molar refractivity (Wildman–Crippen MR) is 132 cm³/mol. The summed E-state index contributed by atoms with van der Waals surface area (Å²) in [6, 6.07) is 15.6. The monoisotopic (exact) mass is 470 g/mol. The van der Waals surface area contributed by atoms with Crippen molar-refractivity contribution in [1.29, 1.82) is 0 Å². The van der Waals surface area contributed by atoms with Crippen LogP contribution in [0.4, 0.5) is 0 Å². The van der Waals surface area contributed by atoms with Crippen LogP contribution in [0.5, 0.6) is 11.5 Å². The second-order valence-electron chi connectivity index (χ2n) is 10.3. The van der Waals surface area contributed by atoms with E-state index in [9.17, 15) is 14.8 Å². The Morgan fingerprint density at radius 1 is 1.18 bits per heavy atom. The molecule has 33 heavy (non-hydrogen) atoms. The molecule has 4 rings (SSSR count). The Morgan fingerprint density at radius 2 is 1.91 bits per heavy atom. The molecular weight excluding hydrogens is 435 g/mol. The van der Waals surface area contributed by atoms with Crippen LogP contribution < -0.4 is 9.47 Å². The maximum Gasteiger partial charge on any atom is 0.133 e. The number of para-hydroxylation sites is 2. The number of ether oxygens (including phenoxy) is 2. The lowest BCUT2D eigenvalue weighted by molar-refractivity contribution is -0.00221. The summed E-state index contributed by atoms with van der Waals surface area (Å²) in [5.41, 5.74) is 1.35. The molecular formula is C27H35O5P. The molecule has 6 heteroatoms. The number of aliphatic hydroxyl groups is 2. The molecule has 0 spiro atoms. The van der Waals surface area contributed by atoms with Crippen LogP contribution in [-0.4, -0.2) is 53.6 Å². The molecule has 0 amide bonds. The highest BCUT2D eigenvalue weighted by Crippen LogP contribution is 2.52. The highest BCUT2D eigenvalue weighted by Gasteiger charge is 2.49. The third-order valence-electron chi connectivity index (χ3n) is 6.76. The third-order valence-corrected chi connectivity index (χ3v) is 8.06. The first kappa shape index (κ1) is 24.1. The molecule has 0 saturated heterocycles. The van der Waals surface area contributed by atoms with Gasteiger partial charge in [0.15, 0.2) is 0 Å². The quantitative estimate of drug-likeness (QED) is 0.426. The van der Waals surface area contributed by atoms with E-state index in [1.165, 1.54) is 0 Å². The summed E-state index contributed by atoms with van der Waals surface area (Å²) in [6.45, 7) is 7.33. The van der Waals surface area contributed by atoms with Crippen molar-refractivity contribution in [2.24, 2.45) is 5.92 Å². The zero-order valence-electron chi connectivity index (χ0n) is 19.8. The fourth-order valence-corrected chi connectivity index (χ4v) is 5.65. The third kappa shape index (κ3) is 5.37. The van der Waals surface area contributed by atoms with Gasteiger partial charge in [-0.05, 0) is 51.3 Å². The molecule has 0 bridgehead atoms. The Morgan fingerprint density at radius 3 is 2.61 bits per heavy atom. The van der Waals surface area contributed by atoms with E-state index >= 15 is 0 Å². The minimum Gasteiger partial charge on any atom is -0.489 e. The molecule has 1 fully saturated rings. The SMILES string of the molecule is CC(C)(Oc1ccccc1)[C@@H](O)/C=C/[C@@H]1[C@H]2c3cccc(CCP(C)(C)=O)c3O[C@H]2C[C@H]1O. The summed E-state index contributed by atoms with van der Waals surface area (Å²) in [5, 5.41) is 21.6. The average Bonchev–Trinajstić information content (AvgIpc) is 3.25.